The number of nitrogens with zero attached hydrogens (tertiary/aromatic N) is 1. The van der Waals surface area contributed by atoms with Gasteiger partial charge in [-0.25, -0.2) is 5.06 Å². The minimum atomic E-state index is 0.0330. The first kappa shape index (κ1) is 10.9. The topological polar surface area (TPSA) is 41.6 Å². The van der Waals surface area contributed by atoms with E-state index in [1.807, 2.05) is 0 Å². The largest absolute Gasteiger partial charge is 0.315 e. The zero-order valence-corrected chi connectivity index (χ0v) is 9.75. The Bertz CT molecular complexity index is 254. The van der Waals surface area contributed by atoms with Crippen molar-refractivity contribution in [1.29, 1.82) is 0 Å². The number of hydrogen-bond donors (Lipinski definition) is 1. The summed E-state index contributed by atoms with van der Waals surface area (Å²) in [4.78, 5) is 17.6. The zero-order valence-electron chi connectivity index (χ0n) is 9.75. The van der Waals surface area contributed by atoms with Crippen LogP contribution in [0.25, 0.3) is 0 Å². The van der Waals surface area contributed by atoms with E-state index < -0.39 is 0 Å². The lowest BCUT2D eigenvalue weighted by atomic mass is 9.87. The van der Waals surface area contributed by atoms with Crippen LogP contribution in [0.2, 0.25) is 0 Å². The molecule has 0 aliphatic carbocycles. The average molecular weight is 212 g/mol. The number of rotatable bonds is 1. The first-order valence-electron chi connectivity index (χ1n) is 5.68. The Kier molecular flexibility index (Phi) is 2.73. The maximum atomic E-state index is 11.8. The van der Waals surface area contributed by atoms with Crippen molar-refractivity contribution in [2.24, 2.45) is 5.41 Å². The average Bonchev–Trinajstić information content (AvgIpc) is 2.69. The molecule has 0 spiro atoms. The van der Waals surface area contributed by atoms with E-state index in [2.05, 4.69) is 26.1 Å². The number of nitrogens with one attached hydrogen (secondary N) is 1. The molecule has 2 fully saturated rings. The Hall–Kier alpha value is -0.610. The third-order valence-corrected chi connectivity index (χ3v) is 3.18. The molecule has 2 aliphatic heterocycles. The lowest BCUT2D eigenvalue weighted by Gasteiger charge is -2.28. The molecule has 2 rings (SSSR count). The highest BCUT2D eigenvalue weighted by Crippen LogP contribution is 2.32. The normalized spacial score (nSPS) is 32.7. The van der Waals surface area contributed by atoms with Crippen LogP contribution in [0, 0.1) is 5.41 Å². The summed E-state index contributed by atoms with van der Waals surface area (Å²) in [5, 5.41) is 4.86. The SMILES string of the molecule is CC(C)(C)C1CC(=O)N(C2CCNC2)O1. The highest BCUT2D eigenvalue weighted by molar-refractivity contribution is 5.77. The van der Waals surface area contributed by atoms with E-state index in [9.17, 15) is 4.79 Å². The maximum Gasteiger partial charge on any atom is 0.249 e. The first-order valence-corrected chi connectivity index (χ1v) is 5.68. The van der Waals surface area contributed by atoms with E-state index in [-0.39, 0.29) is 23.5 Å². The monoisotopic (exact) mass is 212 g/mol. The van der Waals surface area contributed by atoms with Crippen molar-refractivity contribution in [2.45, 2.75) is 45.8 Å². The summed E-state index contributed by atoms with van der Waals surface area (Å²) in [6.45, 7) is 8.19. The molecule has 0 radical (unpaired) electrons. The Labute approximate surface area is 90.9 Å². The van der Waals surface area contributed by atoms with Gasteiger partial charge in [-0.2, -0.15) is 0 Å². The lowest BCUT2D eigenvalue weighted by Crippen LogP contribution is -2.38. The van der Waals surface area contributed by atoms with Gasteiger partial charge in [0.15, 0.2) is 0 Å². The van der Waals surface area contributed by atoms with Gasteiger partial charge < -0.3 is 5.32 Å². The standard InChI is InChI=1S/C11H20N2O2/c1-11(2,3)9-6-10(14)13(15-9)8-4-5-12-7-8/h8-9,12H,4-7H2,1-3H3. The van der Waals surface area contributed by atoms with Crippen molar-refractivity contribution in [3.63, 3.8) is 0 Å². The van der Waals surface area contributed by atoms with E-state index in [0.29, 0.717) is 6.42 Å². The van der Waals surface area contributed by atoms with Crippen LogP contribution in [0.4, 0.5) is 0 Å². The molecule has 2 heterocycles. The lowest BCUT2D eigenvalue weighted by molar-refractivity contribution is -0.198. The van der Waals surface area contributed by atoms with E-state index >= 15 is 0 Å². The minimum Gasteiger partial charge on any atom is -0.315 e. The van der Waals surface area contributed by atoms with Crippen LogP contribution in [0.3, 0.4) is 0 Å². The van der Waals surface area contributed by atoms with Gasteiger partial charge in [0.2, 0.25) is 5.91 Å². The van der Waals surface area contributed by atoms with Crippen molar-refractivity contribution in [2.75, 3.05) is 13.1 Å². The Morgan fingerprint density at radius 1 is 1.47 bits per heavy atom. The molecule has 2 unspecified atom stereocenters. The van der Waals surface area contributed by atoms with Crippen molar-refractivity contribution >= 4 is 5.91 Å². The summed E-state index contributed by atoms with van der Waals surface area (Å²) in [5.74, 6) is 0.142. The van der Waals surface area contributed by atoms with E-state index in [1.54, 1.807) is 5.06 Å². The fourth-order valence-electron chi connectivity index (χ4n) is 2.08. The van der Waals surface area contributed by atoms with Crippen molar-refractivity contribution in [3.8, 4) is 0 Å². The smallest absolute Gasteiger partial charge is 0.249 e. The second-order valence-electron chi connectivity index (χ2n) is 5.53. The molecule has 2 atom stereocenters. The fourth-order valence-corrected chi connectivity index (χ4v) is 2.08. The molecule has 2 saturated heterocycles. The molecule has 0 saturated carbocycles. The molecule has 0 aromatic heterocycles. The molecule has 86 valence electrons. The van der Waals surface area contributed by atoms with E-state index in [1.165, 1.54) is 0 Å². The number of hydrogen-bond acceptors (Lipinski definition) is 3. The number of amides is 1. The third-order valence-electron chi connectivity index (χ3n) is 3.18. The van der Waals surface area contributed by atoms with Crippen LogP contribution in [-0.2, 0) is 9.63 Å². The van der Waals surface area contributed by atoms with Crippen LogP contribution in [0.1, 0.15) is 33.6 Å². The van der Waals surface area contributed by atoms with Crippen molar-refractivity contribution < 1.29 is 9.63 Å². The Balaban J connectivity index is 2.01. The molecule has 0 aromatic carbocycles. The van der Waals surface area contributed by atoms with Gasteiger partial charge in [-0.1, -0.05) is 20.8 Å². The summed E-state index contributed by atoms with van der Waals surface area (Å²) in [6.07, 6.45) is 1.56. The summed E-state index contributed by atoms with van der Waals surface area (Å²) < 4.78 is 0. The first-order chi connectivity index (χ1) is 6.98. The predicted octanol–water partition coefficient (Wildman–Crippen LogP) is 0.927. The molecular weight excluding hydrogens is 192 g/mol. The molecule has 4 heteroatoms. The highest BCUT2D eigenvalue weighted by atomic mass is 16.7. The number of carbonyl (C=O) groups excluding carboxylic acids is 1. The molecular formula is C11H20N2O2. The minimum absolute atomic E-state index is 0.0330. The van der Waals surface area contributed by atoms with Gasteiger partial charge in [0, 0.05) is 6.54 Å². The Morgan fingerprint density at radius 3 is 2.67 bits per heavy atom. The molecule has 1 N–H and O–H groups in total. The summed E-state index contributed by atoms with van der Waals surface area (Å²) in [5.41, 5.74) is 0.0381. The quantitative estimate of drug-likeness (QED) is 0.703. The van der Waals surface area contributed by atoms with Gasteiger partial charge in [-0.15, -0.1) is 0 Å². The molecule has 15 heavy (non-hydrogen) atoms. The van der Waals surface area contributed by atoms with Crippen LogP contribution < -0.4 is 5.32 Å². The van der Waals surface area contributed by atoms with Crippen LogP contribution >= 0.6 is 0 Å². The van der Waals surface area contributed by atoms with Gasteiger partial charge in [0.25, 0.3) is 0 Å². The molecule has 0 aromatic rings. The maximum absolute atomic E-state index is 11.8. The zero-order chi connectivity index (χ0) is 11.1. The van der Waals surface area contributed by atoms with Crippen molar-refractivity contribution in [1.82, 2.24) is 10.4 Å². The van der Waals surface area contributed by atoms with Gasteiger partial charge in [-0.3, -0.25) is 9.63 Å². The molecule has 2 aliphatic rings. The van der Waals surface area contributed by atoms with Gasteiger partial charge in [0.1, 0.15) is 0 Å². The van der Waals surface area contributed by atoms with Gasteiger partial charge in [0.05, 0.1) is 18.6 Å². The van der Waals surface area contributed by atoms with E-state index in [4.69, 9.17) is 4.84 Å². The summed E-state index contributed by atoms with van der Waals surface area (Å²) in [7, 11) is 0. The third kappa shape index (κ3) is 2.16. The van der Waals surface area contributed by atoms with Gasteiger partial charge in [-0.05, 0) is 18.4 Å². The van der Waals surface area contributed by atoms with Crippen LogP contribution in [-0.4, -0.2) is 36.2 Å². The number of carbonyl (C=O) groups is 1. The highest BCUT2D eigenvalue weighted by Gasteiger charge is 2.41. The molecule has 0 bridgehead atoms. The van der Waals surface area contributed by atoms with E-state index in [0.717, 1.165) is 19.5 Å². The molecule has 1 amide bonds. The second-order valence-corrected chi connectivity index (χ2v) is 5.53. The fraction of sp³-hybridized carbons (Fsp3) is 0.909. The molecule has 4 nitrogen and oxygen atoms in total. The number of hydroxylamine groups is 2. The summed E-state index contributed by atoms with van der Waals surface area (Å²) in [6, 6.07) is 0.241. The van der Waals surface area contributed by atoms with Crippen LogP contribution in [0.15, 0.2) is 0 Å². The van der Waals surface area contributed by atoms with Crippen LogP contribution in [0.5, 0.6) is 0 Å². The Morgan fingerprint density at radius 2 is 2.20 bits per heavy atom. The summed E-state index contributed by atoms with van der Waals surface area (Å²) >= 11 is 0. The predicted molar refractivity (Wildman–Crippen MR) is 57.1 cm³/mol. The van der Waals surface area contributed by atoms with Gasteiger partial charge >= 0.3 is 0 Å². The van der Waals surface area contributed by atoms with Crippen molar-refractivity contribution in [3.05, 3.63) is 0 Å². The second kappa shape index (κ2) is 3.76.